The van der Waals surface area contributed by atoms with Crippen molar-refractivity contribution in [1.82, 2.24) is 5.32 Å². The largest absolute Gasteiger partial charge is 0.478 e. The zero-order valence-electron chi connectivity index (χ0n) is 12.5. The van der Waals surface area contributed by atoms with E-state index < -0.39 is 5.97 Å². The first kappa shape index (κ1) is 15.0. The lowest BCUT2D eigenvalue weighted by Gasteiger charge is -2.34. The van der Waals surface area contributed by atoms with E-state index >= 15 is 0 Å². The molecule has 0 fully saturated rings. The zero-order chi connectivity index (χ0) is 14.5. The summed E-state index contributed by atoms with van der Waals surface area (Å²) in [4.78, 5) is 11.4. The fourth-order valence-electron chi connectivity index (χ4n) is 3.48. The van der Waals surface area contributed by atoms with Crippen LogP contribution in [0.5, 0.6) is 0 Å². The minimum Gasteiger partial charge on any atom is -0.478 e. The summed E-state index contributed by atoms with van der Waals surface area (Å²) in [7, 11) is 0. The number of rotatable bonds is 6. The van der Waals surface area contributed by atoms with Gasteiger partial charge in [-0.2, -0.15) is 0 Å². The third-order valence-corrected chi connectivity index (χ3v) is 4.31. The highest BCUT2D eigenvalue weighted by molar-refractivity contribution is 5.90. The van der Waals surface area contributed by atoms with Gasteiger partial charge in [0.2, 0.25) is 0 Å². The Kier molecular flexibility index (Phi) is 5.18. The molecule has 20 heavy (non-hydrogen) atoms. The van der Waals surface area contributed by atoms with Crippen molar-refractivity contribution < 1.29 is 9.90 Å². The fourth-order valence-corrected chi connectivity index (χ4v) is 3.48. The van der Waals surface area contributed by atoms with Crippen molar-refractivity contribution in [3.8, 4) is 0 Å². The van der Waals surface area contributed by atoms with Gasteiger partial charge < -0.3 is 10.4 Å². The normalized spacial score (nSPS) is 18.1. The molecule has 3 nitrogen and oxygen atoms in total. The highest BCUT2D eigenvalue weighted by atomic mass is 16.4. The maximum absolute atomic E-state index is 11.4. The number of hydrogen-bond acceptors (Lipinski definition) is 2. The number of carboxylic acids is 1. The van der Waals surface area contributed by atoms with E-state index in [0.717, 1.165) is 18.5 Å². The van der Waals surface area contributed by atoms with Gasteiger partial charge in [-0.15, -0.1) is 0 Å². The topological polar surface area (TPSA) is 49.3 Å². The van der Waals surface area contributed by atoms with Crippen molar-refractivity contribution >= 4 is 5.97 Å². The Morgan fingerprint density at radius 1 is 1.35 bits per heavy atom. The highest BCUT2D eigenvalue weighted by Gasteiger charge is 2.28. The van der Waals surface area contributed by atoms with Crippen molar-refractivity contribution in [2.24, 2.45) is 5.92 Å². The quantitative estimate of drug-likeness (QED) is 0.830. The molecule has 110 valence electrons. The number of nitrogens with one attached hydrogen (secondary N) is 1. The van der Waals surface area contributed by atoms with Crippen LogP contribution < -0.4 is 5.32 Å². The highest BCUT2D eigenvalue weighted by Crippen LogP contribution is 2.35. The number of aromatic carboxylic acids is 1. The first-order valence-corrected chi connectivity index (χ1v) is 7.77. The van der Waals surface area contributed by atoms with Gasteiger partial charge in [-0.25, -0.2) is 4.79 Å². The van der Waals surface area contributed by atoms with Gasteiger partial charge in [-0.05, 0) is 48.9 Å². The summed E-state index contributed by atoms with van der Waals surface area (Å²) in [5.41, 5.74) is 2.74. The second kappa shape index (κ2) is 6.89. The Morgan fingerprint density at radius 2 is 2.05 bits per heavy atom. The number of carboxylic acid groups (broad SMARTS) is 1. The molecule has 1 heterocycles. The van der Waals surface area contributed by atoms with Crippen LogP contribution in [-0.4, -0.2) is 17.6 Å². The molecule has 0 aliphatic carbocycles. The first-order valence-electron chi connectivity index (χ1n) is 7.77. The van der Waals surface area contributed by atoms with Crippen LogP contribution in [0.2, 0.25) is 0 Å². The lowest BCUT2D eigenvalue weighted by molar-refractivity contribution is 0.0695. The van der Waals surface area contributed by atoms with Gasteiger partial charge in [0.15, 0.2) is 0 Å². The minimum absolute atomic E-state index is 0.318. The Balaban J connectivity index is 2.36. The van der Waals surface area contributed by atoms with Gasteiger partial charge in [-0.3, -0.25) is 0 Å². The van der Waals surface area contributed by atoms with Crippen molar-refractivity contribution in [3.05, 3.63) is 34.9 Å². The van der Waals surface area contributed by atoms with Crippen LogP contribution in [0, 0.1) is 5.92 Å². The average Bonchev–Trinajstić information content (AvgIpc) is 2.45. The van der Waals surface area contributed by atoms with Crippen LogP contribution >= 0.6 is 0 Å². The summed E-state index contributed by atoms with van der Waals surface area (Å²) < 4.78 is 0. The van der Waals surface area contributed by atoms with E-state index in [1.54, 1.807) is 6.07 Å². The maximum Gasteiger partial charge on any atom is 0.335 e. The van der Waals surface area contributed by atoms with E-state index in [1.807, 2.05) is 6.07 Å². The fraction of sp³-hybridized carbons (Fsp3) is 0.588. The summed E-state index contributed by atoms with van der Waals surface area (Å²) in [6.45, 7) is 5.33. The number of fused-ring (bicyclic) bond motifs is 1. The molecule has 1 aliphatic heterocycles. The molecule has 2 rings (SSSR count). The summed E-state index contributed by atoms with van der Waals surface area (Å²) in [5.74, 6) is -0.196. The maximum atomic E-state index is 11.4. The number of carbonyl (C=O) groups is 1. The van der Waals surface area contributed by atoms with Crippen LogP contribution in [-0.2, 0) is 6.42 Å². The predicted molar refractivity (Wildman–Crippen MR) is 81.2 cm³/mol. The summed E-state index contributed by atoms with van der Waals surface area (Å²) in [6.07, 6.45) is 5.57. The van der Waals surface area contributed by atoms with Crippen LogP contribution in [0.15, 0.2) is 18.2 Å². The SMILES string of the molecule is CCCC(CCC)C1NCCc2c(C(=O)O)cccc21. The zero-order valence-corrected chi connectivity index (χ0v) is 12.5. The molecule has 0 spiro atoms. The standard InChI is InChI=1S/C17H25NO2/c1-3-6-12(7-4-2)16-14-8-5-9-15(17(19)20)13(14)10-11-18-16/h5,8-9,12,16,18H,3-4,6-7,10-11H2,1-2H3,(H,19,20). The lowest BCUT2D eigenvalue weighted by Crippen LogP contribution is -2.35. The van der Waals surface area contributed by atoms with Gasteiger partial charge in [0.05, 0.1) is 5.56 Å². The third-order valence-electron chi connectivity index (χ3n) is 4.31. The monoisotopic (exact) mass is 275 g/mol. The van der Waals surface area contributed by atoms with E-state index in [-0.39, 0.29) is 0 Å². The Hall–Kier alpha value is -1.35. The molecule has 0 amide bonds. The molecule has 1 aromatic rings. The van der Waals surface area contributed by atoms with Crippen molar-refractivity contribution in [2.45, 2.75) is 52.0 Å². The molecule has 3 heteroatoms. The second-order valence-corrected chi connectivity index (χ2v) is 5.70. The van der Waals surface area contributed by atoms with E-state index in [0.29, 0.717) is 17.5 Å². The molecule has 1 atom stereocenters. The Bertz CT molecular complexity index is 464. The van der Waals surface area contributed by atoms with E-state index in [9.17, 15) is 9.90 Å². The van der Waals surface area contributed by atoms with Crippen LogP contribution in [0.1, 0.15) is 67.1 Å². The minimum atomic E-state index is -0.801. The molecular weight excluding hydrogens is 250 g/mol. The predicted octanol–water partition coefficient (Wildman–Crippen LogP) is 3.79. The van der Waals surface area contributed by atoms with E-state index in [1.165, 1.54) is 31.2 Å². The smallest absolute Gasteiger partial charge is 0.335 e. The molecular formula is C17H25NO2. The van der Waals surface area contributed by atoms with Crippen molar-refractivity contribution in [1.29, 1.82) is 0 Å². The lowest BCUT2D eigenvalue weighted by atomic mass is 9.80. The molecule has 0 bridgehead atoms. The first-order chi connectivity index (χ1) is 9.69. The molecule has 0 aromatic heterocycles. The molecule has 0 radical (unpaired) electrons. The molecule has 2 N–H and O–H groups in total. The summed E-state index contributed by atoms with van der Waals surface area (Å²) in [5, 5.41) is 13.0. The van der Waals surface area contributed by atoms with E-state index in [2.05, 4.69) is 25.2 Å². The van der Waals surface area contributed by atoms with Gasteiger partial charge in [-0.1, -0.05) is 38.8 Å². The molecule has 0 saturated heterocycles. The number of benzene rings is 1. The van der Waals surface area contributed by atoms with Crippen LogP contribution in [0.4, 0.5) is 0 Å². The van der Waals surface area contributed by atoms with Gasteiger partial charge in [0, 0.05) is 6.04 Å². The summed E-state index contributed by atoms with van der Waals surface area (Å²) in [6, 6.07) is 6.05. The molecule has 1 unspecified atom stereocenters. The third kappa shape index (κ3) is 3.04. The molecule has 1 aliphatic rings. The molecule has 1 aromatic carbocycles. The van der Waals surface area contributed by atoms with Crippen LogP contribution in [0.3, 0.4) is 0 Å². The molecule has 0 saturated carbocycles. The van der Waals surface area contributed by atoms with Crippen molar-refractivity contribution in [3.63, 3.8) is 0 Å². The number of hydrogen-bond donors (Lipinski definition) is 2. The van der Waals surface area contributed by atoms with Gasteiger partial charge >= 0.3 is 5.97 Å². The van der Waals surface area contributed by atoms with Gasteiger partial charge in [0.1, 0.15) is 0 Å². The van der Waals surface area contributed by atoms with Gasteiger partial charge in [0.25, 0.3) is 0 Å². The van der Waals surface area contributed by atoms with Crippen molar-refractivity contribution in [2.75, 3.05) is 6.54 Å². The van der Waals surface area contributed by atoms with E-state index in [4.69, 9.17) is 0 Å². The van der Waals surface area contributed by atoms with Crippen LogP contribution in [0.25, 0.3) is 0 Å². The Labute approximate surface area is 121 Å². The second-order valence-electron chi connectivity index (χ2n) is 5.70. The average molecular weight is 275 g/mol. The Morgan fingerprint density at radius 3 is 2.65 bits per heavy atom. The summed E-state index contributed by atoms with van der Waals surface area (Å²) >= 11 is 0.